The molecular weight excluding hydrogens is 100 g/mol. The number of nitrogens with two attached hydrogens (primary N) is 1. The first-order valence-corrected chi connectivity index (χ1v) is 2.28. The van der Waals surface area contributed by atoms with Gasteiger partial charge in [-0.05, 0) is 19.7 Å². The molecule has 2 nitrogen and oxygen atoms in total. The molecule has 44 valence electrons. The van der Waals surface area contributed by atoms with E-state index in [-0.39, 0.29) is 0 Å². The van der Waals surface area contributed by atoms with Gasteiger partial charge in [0.05, 0.1) is 11.4 Å². The summed E-state index contributed by atoms with van der Waals surface area (Å²) in [6, 6.07) is 0. The molecule has 0 radical (unpaired) electrons. The lowest BCUT2D eigenvalue weighted by Crippen LogP contribution is -1.94. The highest BCUT2D eigenvalue weighted by atomic mass is 14.7. The van der Waals surface area contributed by atoms with Crippen LogP contribution in [-0.2, 0) is 0 Å². The second-order valence-corrected chi connectivity index (χ2v) is 1.40. The maximum Gasteiger partial charge on any atom is 0.0594 e. The Hall–Kier alpha value is -1.05. The molecule has 0 fully saturated rings. The zero-order chi connectivity index (χ0) is 6.57. The molecule has 0 saturated carbocycles. The van der Waals surface area contributed by atoms with Crippen molar-refractivity contribution in [1.29, 1.82) is 0 Å². The lowest BCUT2D eigenvalue weighted by Gasteiger charge is -1.92. The Bertz CT molecular complexity index is 117. The Kier molecular flexibility index (Phi) is 2.62. The third-order valence-corrected chi connectivity index (χ3v) is 0.875. The van der Waals surface area contributed by atoms with Crippen LogP contribution in [0.3, 0.4) is 0 Å². The number of hydrogen-bond donors (Lipinski definition) is 1. The highest BCUT2D eigenvalue weighted by Gasteiger charge is 1.84. The van der Waals surface area contributed by atoms with Gasteiger partial charge in [-0.3, -0.25) is 4.99 Å². The van der Waals surface area contributed by atoms with E-state index in [4.69, 9.17) is 5.73 Å². The molecule has 2 heteroatoms. The summed E-state index contributed by atoms with van der Waals surface area (Å²) >= 11 is 0. The van der Waals surface area contributed by atoms with Gasteiger partial charge in [0.25, 0.3) is 0 Å². The van der Waals surface area contributed by atoms with Gasteiger partial charge in [-0.1, -0.05) is 6.58 Å². The van der Waals surface area contributed by atoms with Crippen molar-refractivity contribution >= 4 is 6.72 Å². The van der Waals surface area contributed by atoms with Crippen LogP contribution in [0.2, 0.25) is 0 Å². The molecule has 2 N–H and O–H groups in total. The third kappa shape index (κ3) is 1.60. The molecular formula is C6H10N2. The van der Waals surface area contributed by atoms with Gasteiger partial charge in [0, 0.05) is 0 Å². The quantitative estimate of drug-likeness (QED) is 0.419. The summed E-state index contributed by atoms with van der Waals surface area (Å²) in [5.74, 6) is 0. The van der Waals surface area contributed by atoms with Crippen molar-refractivity contribution in [3.63, 3.8) is 0 Å². The van der Waals surface area contributed by atoms with Crippen LogP contribution >= 0.6 is 0 Å². The van der Waals surface area contributed by atoms with E-state index in [1.165, 1.54) is 0 Å². The highest BCUT2D eigenvalue weighted by molar-refractivity contribution is 5.31. The van der Waals surface area contributed by atoms with Gasteiger partial charge in [0.1, 0.15) is 0 Å². The fourth-order valence-electron chi connectivity index (χ4n) is 0.239. The molecule has 0 saturated heterocycles. The lowest BCUT2D eigenvalue weighted by molar-refractivity contribution is 1.22. The standard InChI is InChI=1S/C6H10N2/c1-4-6(7)5(2)8-3/h4H,1,3,7H2,2H3/b6-5+. The molecule has 0 heterocycles. The molecule has 0 aromatic heterocycles. The van der Waals surface area contributed by atoms with Crippen molar-refractivity contribution in [3.05, 3.63) is 24.0 Å². The number of rotatable bonds is 2. The smallest absolute Gasteiger partial charge is 0.0594 e. The zero-order valence-corrected chi connectivity index (χ0v) is 5.02. The molecule has 0 spiro atoms. The molecule has 0 atom stereocenters. The second kappa shape index (κ2) is 3.02. The highest BCUT2D eigenvalue weighted by Crippen LogP contribution is 1.96. The molecule has 0 aliphatic heterocycles. The predicted molar refractivity (Wildman–Crippen MR) is 36.6 cm³/mol. The molecule has 0 aromatic carbocycles. The Balaban J connectivity index is 4.25. The Labute approximate surface area is 49.4 Å². The van der Waals surface area contributed by atoms with Crippen molar-refractivity contribution in [2.45, 2.75) is 6.92 Å². The van der Waals surface area contributed by atoms with Crippen LogP contribution in [-0.4, -0.2) is 6.72 Å². The molecule has 0 unspecified atom stereocenters. The van der Waals surface area contributed by atoms with Gasteiger partial charge >= 0.3 is 0 Å². The summed E-state index contributed by atoms with van der Waals surface area (Å²) in [7, 11) is 0. The number of hydrogen-bond acceptors (Lipinski definition) is 2. The maximum atomic E-state index is 5.35. The number of allylic oxidation sites excluding steroid dienone is 2. The summed E-state index contributed by atoms with van der Waals surface area (Å²) in [6.45, 7) is 8.53. The zero-order valence-electron chi connectivity index (χ0n) is 5.02. The van der Waals surface area contributed by atoms with Crippen LogP contribution in [0.25, 0.3) is 0 Å². The average Bonchev–Trinajstić information content (AvgIpc) is 1.84. The van der Waals surface area contributed by atoms with E-state index in [9.17, 15) is 0 Å². The van der Waals surface area contributed by atoms with E-state index >= 15 is 0 Å². The number of aliphatic imine (C=N–C) groups is 1. The first-order chi connectivity index (χ1) is 3.72. The minimum absolute atomic E-state index is 0.583. The fourth-order valence-corrected chi connectivity index (χ4v) is 0.239. The molecule has 0 aliphatic carbocycles. The summed E-state index contributed by atoms with van der Waals surface area (Å²) in [6.07, 6.45) is 1.55. The van der Waals surface area contributed by atoms with E-state index in [1.54, 1.807) is 13.0 Å². The van der Waals surface area contributed by atoms with Crippen LogP contribution in [0, 0.1) is 0 Å². The van der Waals surface area contributed by atoms with Gasteiger partial charge in [0.15, 0.2) is 0 Å². The van der Waals surface area contributed by atoms with Crippen LogP contribution in [0.4, 0.5) is 0 Å². The van der Waals surface area contributed by atoms with Gasteiger partial charge in [0.2, 0.25) is 0 Å². The third-order valence-electron chi connectivity index (χ3n) is 0.875. The van der Waals surface area contributed by atoms with Gasteiger partial charge in [-0.25, -0.2) is 0 Å². The van der Waals surface area contributed by atoms with Crippen LogP contribution in [0.15, 0.2) is 29.0 Å². The van der Waals surface area contributed by atoms with Crippen LogP contribution < -0.4 is 5.73 Å². The monoisotopic (exact) mass is 110 g/mol. The summed E-state index contributed by atoms with van der Waals surface area (Å²) < 4.78 is 0. The summed E-state index contributed by atoms with van der Waals surface area (Å²) in [4.78, 5) is 3.59. The Morgan fingerprint density at radius 2 is 2.25 bits per heavy atom. The van der Waals surface area contributed by atoms with Gasteiger partial charge in [-0.2, -0.15) is 0 Å². The topological polar surface area (TPSA) is 38.4 Å². The van der Waals surface area contributed by atoms with Crippen molar-refractivity contribution in [2.24, 2.45) is 10.7 Å². The van der Waals surface area contributed by atoms with E-state index in [0.29, 0.717) is 5.70 Å². The van der Waals surface area contributed by atoms with Gasteiger partial charge < -0.3 is 5.73 Å². The SMILES string of the molecule is C=C/C(N)=C(/C)N=C. The van der Waals surface area contributed by atoms with E-state index in [0.717, 1.165) is 5.70 Å². The maximum absolute atomic E-state index is 5.35. The van der Waals surface area contributed by atoms with Crippen molar-refractivity contribution in [2.75, 3.05) is 0 Å². The first kappa shape index (κ1) is 6.95. The number of nitrogens with zero attached hydrogens (tertiary/aromatic N) is 1. The van der Waals surface area contributed by atoms with E-state index in [2.05, 4.69) is 18.3 Å². The van der Waals surface area contributed by atoms with E-state index < -0.39 is 0 Å². The van der Waals surface area contributed by atoms with Gasteiger partial charge in [-0.15, -0.1) is 0 Å². The second-order valence-electron chi connectivity index (χ2n) is 1.40. The average molecular weight is 110 g/mol. The Morgan fingerprint density at radius 3 is 2.38 bits per heavy atom. The molecule has 0 bridgehead atoms. The van der Waals surface area contributed by atoms with E-state index in [1.807, 2.05) is 0 Å². The molecule has 0 aromatic rings. The molecule has 0 aliphatic rings. The van der Waals surface area contributed by atoms with Crippen molar-refractivity contribution in [3.8, 4) is 0 Å². The van der Waals surface area contributed by atoms with Crippen molar-refractivity contribution < 1.29 is 0 Å². The van der Waals surface area contributed by atoms with Crippen LogP contribution in [0.1, 0.15) is 6.92 Å². The molecule has 8 heavy (non-hydrogen) atoms. The lowest BCUT2D eigenvalue weighted by atomic mass is 10.3. The fraction of sp³-hybridized carbons (Fsp3) is 0.167. The first-order valence-electron chi connectivity index (χ1n) is 2.28. The largest absolute Gasteiger partial charge is 0.397 e. The molecule has 0 rings (SSSR count). The normalized spacial score (nSPS) is 12.1. The summed E-state index contributed by atoms with van der Waals surface area (Å²) in [5.41, 5.74) is 6.66. The summed E-state index contributed by atoms with van der Waals surface area (Å²) in [5, 5.41) is 0. The van der Waals surface area contributed by atoms with Crippen molar-refractivity contribution in [1.82, 2.24) is 0 Å². The predicted octanol–water partition coefficient (Wildman–Crippen LogP) is 1.06. The Morgan fingerprint density at radius 1 is 1.75 bits per heavy atom. The van der Waals surface area contributed by atoms with Crippen LogP contribution in [0.5, 0.6) is 0 Å². The minimum atomic E-state index is 0.583. The minimum Gasteiger partial charge on any atom is -0.397 e. The molecule has 0 amide bonds.